The molecule has 1 rings (SSSR count). The van der Waals surface area contributed by atoms with Crippen LogP contribution in [0.25, 0.3) is 0 Å². The van der Waals surface area contributed by atoms with E-state index in [0.717, 1.165) is 34.9 Å². The molecule has 102 valence electrons. The fourth-order valence-electron chi connectivity index (χ4n) is 1.58. The second-order valence-electron chi connectivity index (χ2n) is 3.95. The molecule has 1 aromatic carbocycles. The fourth-order valence-corrected chi connectivity index (χ4v) is 2.57. The van der Waals surface area contributed by atoms with Crippen LogP contribution >= 0.6 is 21.0 Å². The molecule has 0 aliphatic heterocycles. The van der Waals surface area contributed by atoms with Crippen LogP contribution in [0.4, 0.5) is 11.4 Å². The van der Waals surface area contributed by atoms with Gasteiger partial charge in [0.2, 0.25) is 6.41 Å². The maximum Gasteiger partial charge on any atom is 0.213 e. The van der Waals surface area contributed by atoms with E-state index in [1.807, 2.05) is 18.2 Å². The highest BCUT2D eigenvalue weighted by Gasteiger charge is 2.16. The Morgan fingerprint density at radius 1 is 1.37 bits per heavy atom. The highest BCUT2D eigenvalue weighted by atomic mass is 32.2. The average Bonchev–Trinajstić information content (AvgIpc) is 2.35. The molecule has 19 heavy (non-hydrogen) atoms. The van der Waals surface area contributed by atoms with Gasteiger partial charge < -0.3 is 9.80 Å². The van der Waals surface area contributed by atoms with Crippen molar-refractivity contribution in [1.82, 2.24) is 0 Å². The number of nitrogens with zero attached hydrogens (tertiary/aromatic N) is 2. The molecule has 0 aliphatic rings. The summed E-state index contributed by atoms with van der Waals surface area (Å²) in [5, 5.41) is 16.9. The molecule has 1 amide bonds. The Kier molecular flexibility index (Phi) is 5.51. The van der Waals surface area contributed by atoms with E-state index in [1.54, 1.807) is 25.9 Å². The van der Waals surface area contributed by atoms with Gasteiger partial charge in [0.1, 0.15) is 0 Å². The lowest BCUT2D eigenvalue weighted by Crippen LogP contribution is -2.28. The van der Waals surface area contributed by atoms with Crippen molar-refractivity contribution in [2.45, 2.75) is 6.92 Å². The van der Waals surface area contributed by atoms with Crippen LogP contribution in [-0.4, -0.2) is 30.7 Å². The van der Waals surface area contributed by atoms with E-state index < -0.39 is 0 Å². The Morgan fingerprint density at radius 3 is 2.53 bits per heavy atom. The topological polar surface area (TPSA) is 71.2 Å². The van der Waals surface area contributed by atoms with Crippen molar-refractivity contribution >= 4 is 54.3 Å². The van der Waals surface area contributed by atoms with Crippen molar-refractivity contribution in [1.29, 1.82) is 10.8 Å². The van der Waals surface area contributed by atoms with E-state index in [9.17, 15) is 4.79 Å². The van der Waals surface area contributed by atoms with Crippen LogP contribution in [-0.2, 0) is 4.79 Å². The molecule has 0 saturated heterocycles. The number of para-hydroxylation sites is 1. The number of amidine groups is 1. The molecule has 2 N–H and O–H groups in total. The Morgan fingerprint density at radius 2 is 2.00 bits per heavy atom. The minimum atomic E-state index is 0.239. The summed E-state index contributed by atoms with van der Waals surface area (Å²) in [5.41, 5.74) is 1.49. The van der Waals surface area contributed by atoms with Gasteiger partial charge in [-0.2, -0.15) is 0 Å². The van der Waals surface area contributed by atoms with E-state index >= 15 is 0 Å². The Labute approximate surface area is 119 Å². The second-order valence-corrected chi connectivity index (χ2v) is 5.78. The zero-order chi connectivity index (χ0) is 14.6. The molecule has 7 heteroatoms. The molecule has 0 fully saturated rings. The van der Waals surface area contributed by atoms with Crippen LogP contribution in [0, 0.1) is 10.8 Å². The summed E-state index contributed by atoms with van der Waals surface area (Å²) in [6.07, 6.45) is 0.735. The predicted octanol–water partition coefficient (Wildman–Crippen LogP) is 1.88. The first-order valence-electron chi connectivity index (χ1n) is 5.50. The molecule has 1 aromatic rings. The molecule has 5 nitrogen and oxygen atoms in total. The number of hydrogen-bond donors (Lipinski definition) is 2. The van der Waals surface area contributed by atoms with Crippen molar-refractivity contribution in [2.24, 2.45) is 0 Å². The monoisotopic (exact) mass is 296 g/mol. The van der Waals surface area contributed by atoms with E-state index in [0.29, 0.717) is 5.04 Å². The zero-order valence-electron chi connectivity index (χ0n) is 11.1. The van der Waals surface area contributed by atoms with Crippen molar-refractivity contribution in [2.75, 3.05) is 23.9 Å². The normalized spacial score (nSPS) is 9.89. The number of nitrogens with one attached hydrogen (secondary N) is 2. The van der Waals surface area contributed by atoms with Gasteiger partial charge in [-0.05, 0) is 30.1 Å². The number of carbonyl (C=O) groups is 1. The Hall–Kier alpha value is -1.39. The van der Waals surface area contributed by atoms with Gasteiger partial charge in [-0.1, -0.05) is 12.1 Å². The first-order chi connectivity index (χ1) is 8.88. The Bertz CT molecular complexity index is 520. The third kappa shape index (κ3) is 3.78. The van der Waals surface area contributed by atoms with E-state index in [1.165, 1.54) is 4.90 Å². The van der Waals surface area contributed by atoms with Crippen LogP contribution < -0.4 is 15.1 Å². The number of amides is 1. The smallest absolute Gasteiger partial charge is 0.213 e. The summed E-state index contributed by atoms with van der Waals surface area (Å²) in [6, 6.07) is 5.60. The van der Waals surface area contributed by atoms with Crippen molar-refractivity contribution < 1.29 is 4.79 Å². The standard InChI is InChI=1S/C12H17N4OPS/c1-8(13)19-12(14)16(3)9-5-4-6-10(18)11(9)15(2)7-17/h4-7,13-14H,18H2,1-3H3. The quantitative estimate of drug-likeness (QED) is 0.387. The van der Waals surface area contributed by atoms with Gasteiger partial charge >= 0.3 is 0 Å². The molecule has 0 spiro atoms. The molecule has 1 atom stereocenters. The van der Waals surface area contributed by atoms with E-state index in [2.05, 4.69) is 9.24 Å². The van der Waals surface area contributed by atoms with Crippen molar-refractivity contribution in [3.8, 4) is 0 Å². The van der Waals surface area contributed by atoms with Gasteiger partial charge in [0.15, 0.2) is 5.17 Å². The number of hydrogen-bond acceptors (Lipinski definition) is 4. The van der Waals surface area contributed by atoms with Crippen LogP contribution in [0.3, 0.4) is 0 Å². The highest BCUT2D eigenvalue weighted by molar-refractivity contribution is 8.26. The van der Waals surface area contributed by atoms with Crippen LogP contribution in [0.15, 0.2) is 18.2 Å². The maximum absolute atomic E-state index is 11.0. The molecule has 0 radical (unpaired) electrons. The highest BCUT2D eigenvalue weighted by Crippen LogP contribution is 2.28. The summed E-state index contributed by atoms with van der Waals surface area (Å²) >= 11 is 1.07. The van der Waals surface area contributed by atoms with Crippen LogP contribution in [0.5, 0.6) is 0 Å². The fraction of sp³-hybridized carbons (Fsp3) is 0.250. The second kappa shape index (κ2) is 6.68. The molecule has 0 aromatic heterocycles. The minimum absolute atomic E-state index is 0.239. The summed E-state index contributed by atoms with van der Waals surface area (Å²) in [7, 11) is 6.01. The number of benzene rings is 1. The van der Waals surface area contributed by atoms with Crippen molar-refractivity contribution in [3.05, 3.63) is 18.2 Å². The minimum Gasteiger partial charge on any atom is -0.322 e. The van der Waals surface area contributed by atoms with E-state index in [-0.39, 0.29) is 5.17 Å². The van der Waals surface area contributed by atoms with Gasteiger partial charge in [-0.25, -0.2) is 0 Å². The molecule has 0 heterocycles. The first kappa shape index (κ1) is 15.7. The number of rotatable bonds is 3. The maximum atomic E-state index is 11.0. The van der Waals surface area contributed by atoms with Crippen LogP contribution in [0.2, 0.25) is 0 Å². The molecule has 0 saturated carbocycles. The first-order valence-corrected chi connectivity index (χ1v) is 6.89. The summed E-state index contributed by atoms with van der Waals surface area (Å²) in [4.78, 5) is 14.1. The predicted molar refractivity (Wildman–Crippen MR) is 87.4 cm³/mol. The number of anilines is 2. The lowest BCUT2D eigenvalue weighted by molar-refractivity contribution is -0.107. The molecular formula is C12H17N4OPS. The van der Waals surface area contributed by atoms with Gasteiger partial charge in [0.05, 0.1) is 16.4 Å². The van der Waals surface area contributed by atoms with Gasteiger partial charge in [-0.15, -0.1) is 9.24 Å². The summed E-state index contributed by atoms with van der Waals surface area (Å²) < 4.78 is 0. The molecule has 0 aliphatic carbocycles. The average molecular weight is 296 g/mol. The third-order valence-corrected chi connectivity index (χ3v) is 3.71. The summed E-state index contributed by atoms with van der Waals surface area (Å²) in [6.45, 7) is 1.64. The lowest BCUT2D eigenvalue weighted by Gasteiger charge is -2.26. The zero-order valence-corrected chi connectivity index (χ0v) is 13.1. The number of thioether (sulfide) groups is 1. The number of carbonyl (C=O) groups excluding carboxylic acids is 1. The van der Waals surface area contributed by atoms with Crippen LogP contribution in [0.1, 0.15) is 6.92 Å². The molecule has 0 bridgehead atoms. The Balaban J connectivity index is 3.19. The van der Waals surface area contributed by atoms with Crippen molar-refractivity contribution in [3.63, 3.8) is 0 Å². The third-order valence-electron chi connectivity index (χ3n) is 2.47. The molecular weight excluding hydrogens is 279 g/mol. The largest absolute Gasteiger partial charge is 0.322 e. The SMILES string of the molecule is CC(=N)SC(=N)N(C)c1cccc(P)c1N(C)C=O. The van der Waals surface area contributed by atoms with E-state index in [4.69, 9.17) is 10.8 Å². The lowest BCUT2D eigenvalue weighted by atomic mass is 10.2. The summed E-state index contributed by atoms with van der Waals surface area (Å²) in [5.74, 6) is 0. The molecule has 1 unspecified atom stereocenters. The van der Waals surface area contributed by atoms with Gasteiger partial charge in [0.25, 0.3) is 0 Å². The van der Waals surface area contributed by atoms with Gasteiger partial charge in [-0.3, -0.25) is 15.6 Å². The van der Waals surface area contributed by atoms with Gasteiger partial charge in [0, 0.05) is 14.1 Å².